The van der Waals surface area contributed by atoms with Crippen molar-refractivity contribution in [2.24, 2.45) is 0 Å². The zero-order valence-corrected chi connectivity index (χ0v) is 14.8. The van der Waals surface area contributed by atoms with E-state index in [1.807, 2.05) is 13.8 Å². The largest absolute Gasteiger partial charge is 0.394 e. The van der Waals surface area contributed by atoms with Gasteiger partial charge in [0.1, 0.15) is 12.2 Å². The molecule has 2 aliphatic rings. The van der Waals surface area contributed by atoms with Crippen molar-refractivity contribution in [3.63, 3.8) is 0 Å². The normalized spacial score (nSPS) is 34.0. The van der Waals surface area contributed by atoms with Gasteiger partial charge in [-0.3, -0.25) is 4.90 Å². The first kappa shape index (κ1) is 19.4. The van der Waals surface area contributed by atoms with Crippen molar-refractivity contribution >= 4 is 6.03 Å². The summed E-state index contributed by atoms with van der Waals surface area (Å²) in [5.74, 6) is 0. The van der Waals surface area contributed by atoms with Gasteiger partial charge < -0.3 is 30.3 Å². The summed E-state index contributed by atoms with van der Waals surface area (Å²) in [5, 5.41) is 25.6. The highest BCUT2D eigenvalue weighted by atomic mass is 16.5. The summed E-state index contributed by atoms with van der Waals surface area (Å²) in [6, 6.07) is -0.248. The number of ether oxygens (including phenoxy) is 2. The molecule has 0 aromatic rings. The van der Waals surface area contributed by atoms with Gasteiger partial charge in [0.2, 0.25) is 0 Å². The minimum atomic E-state index is -0.785. The Bertz CT molecular complexity index is 409. The molecule has 2 amide bonds. The smallest absolute Gasteiger partial charge is 0.315 e. The zero-order valence-electron chi connectivity index (χ0n) is 14.8. The van der Waals surface area contributed by atoms with Gasteiger partial charge in [-0.1, -0.05) is 0 Å². The van der Waals surface area contributed by atoms with Crippen LogP contribution in [0.25, 0.3) is 0 Å². The van der Waals surface area contributed by atoms with Crippen molar-refractivity contribution in [1.82, 2.24) is 15.5 Å². The molecule has 8 nitrogen and oxygen atoms in total. The number of rotatable bonds is 7. The molecule has 0 aliphatic carbocycles. The molecular formula is C16H31N3O5. The van der Waals surface area contributed by atoms with Crippen LogP contribution in [-0.2, 0) is 9.47 Å². The second-order valence-corrected chi connectivity index (χ2v) is 6.88. The lowest BCUT2D eigenvalue weighted by molar-refractivity contribution is -0.0206. The van der Waals surface area contributed by atoms with Crippen LogP contribution in [-0.4, -0.2) is 91.0 Å². The van der Waals surface area contributed by atoms with Crippen LogP contribution >= 0.6 is 0 Å². The van der Waals surface area contributed by atoms with Crippen molar-refractivity contribution in [3.8, 4) is 0 Å². The van der Waals surface area contributed by atoms with Crippen molar-refractivity contribution in [1.29, 1.82) is 0 Å². The minimum absolute atomic E-state index is 0.0470. The maximum atomic E-state index is 11.8. The summed E-state index contributed by atoms with van der Waals surface area (Å²) in [7, 11) is 1.67. The van der Waals surface area contributed by atoms with E-state index in [4.69, 9.17) is 9.47 Å². The molecule has 0 aromatic carbocycles. The van der Waals surface area contributed by atoms with E-state index in [2.05, 4.69) is 15.5 Å². The third kappa shape index (κ3) is 4.58. The van der Waals surface area contributed by atoms with Gasteiger partial charge in [0.05, 0.1) is 25.4 Å². The Kier molecular flexibility index (Phi) is 7.24. The van der Waals surface area contributed by atoms with E-state index in [0.29, 0.717) is 6.61 Å². The van der Waals surface area contributed by atoms with Crippen molar-refractivity contribution < 1.29 is 24.5 Å². The zero-order chi connectivity index (χ0) is 17.7. The Morgan fingerprint density at radius 3 is 2.79 bits per heavy atom. The van der Waals surface area contributed by atoms with Crippen molar-refractivity contribution in [3.05, 3.63) is 0 Å². The Morgan fingerprint density at radius 2 is 2.17 bits per heavy atom. The number of nitrogens with one attached hydrogen (secondary N) is 2. The highest BCUT2D eigenvalue weighted by molar-refractivity contribution is 5.74. The topological polar surface area (TPSA) is 103 Å². The van der Waals surface area contributed by atoms with Gasteiger partial charge in [0, 0.05) is 25.7 Å². The quantitative estimate of drug-likeness (QED) is 0.486. The summed E-state index contributed by atoms with van der Waals surface area (Å²) >= 11 is 0. The average molecular weight is 345 g/mol. The number of likely N-dealkylation sites (tertiary alicyclic amines) is 1. The number of hydrogen-bond donors (Lipinski definition) is 4. The van der Waals surface area contributed by atoms with E-state index in [0.717, 1.165) is 19.4 Å². The molecule has 0 unspecified atom stereocenters. The molecule has 0 saturated carbocycles. The summed E-state index contributed by atoms with van der Waals surface area (Å²) < 4.78 is 11.1. The first-order valence-corrected chi connectivity index (χ1v) is 8.71. The molecular weight excluding hydrogens is 314 g/mol. The summed E-state index contributed by atoms with van der Waals surface area (Å²) in [5.41, 5.74) is 0. The van der Waals surface area contributed by atoms with Crippen LogP contribution in [0.3, 0.4) is 0 Å². The van der Waals surface area contributed by atoms with Crippen LogP contribution in [0, 0.1) is 0 Å². The van der Waals surface area contributed by atoms with Gasteiger partial charge in [-0.25, -0.2) is 4.79 Å². The molecule has 0 spiro atoms. The lowest BCUT2D eigenvalue weighted by Crippen LogP contribution is -2.54. The standard InChI is InChI=1S/C16H31N3O5/c1-10(2)18-16(22)17-7-12-14(15(21)13(8-20)24-12)19-6-4-5-11(19)9-23-3/h10-15,20-21H,4-9H2,1-3H3,(H2,17,18,22)/t11-,12-,13+,14+,15-/m1/s1. The Labute approximate surface area is 143 Å². The second kappa shape index (κ2) is 8.96. The monoisotopic (exact) mass is 345 g/mol. The van der Waals surface area contributed by atoms with Gasteiger partial charge in [0.15, 0.2) is 0 Å². The number of amides is 2. The van der Waals surface area contributed by atoms with Crippen molar-refractivity contribution in [2.75, 3.05) is 33.4 Å². The average Bonchev–Trinajstić information content (AvgIpc) is 3.09. The molecule has 8 heteroatoms. The third-order valence-electron chi connectivity index (χ3n) is 4.69. The van der Waals surface area contributed by atoms with Crippen molar-refractivity contribution in [2.45, 2.75) is 63.1 Å². The molecule has 2 rings (SSSR count). The maximum absolute atomic E-state index is 11.8. The van der Waals surface area contributed by atoms with E-state index in [9.17, 15) is 15.0 Å². The van der Waals surface area contributed by atoms with E-state index >= 15 is 0 Å². The Morgan fingerprint density at radius 1 is 1.42 bits per heavy atom. The van der Waals surface area contributed by atoms with Gasteiger partial charge in [-0.05, 0) is 33.2 Å². The minimum Gasteiger partial charge on any atom is -0.394 e. The van der Waals surface area contributed by atoms with Crippen LogP contribution in [0.15, 0.2) is 0 Å². The number of aliphatic hydroxyl groups is 2. The van der Waals surface area contributed by atoms with E-state index < -0.39 is 12.2 Å². The highest BCUT2D eigenvalue weighted by Crippen LogP contribution is 2.31. The SMILES string of the molecule is COC[C@H]1CCCN1[C@@H]1[C@H](O)[C@H](CO)O[C@@H]1CNC(=O)NC(C)C. The summed E-state index contributed by atoms with van der Waals surface area (Å²) in [4.78, 5) is 14.0. The Hall–Kier alpha value is -0.930. The molecule has 0 radical (unpaired) electrons. The van der Waals surface area contributed by atoms with Crippen LogP contribution in [0.2, 0.25) is 0 Å². The van der Waals surface area contributed by atoms with Gasteiger partial charge >= 0.3 is 6.03 Å². The maximum Gasteiger partial charge on any atom is 0.315 e. The molecule has 0 aromatic heterocycles. The van der Waals surface area contributed by atoms with Crippen LogP contribution in [0.5, 0.6) is 0 Å². The number of carbonyl (C=O) groups excluding carboxylic acids is 1. The second-order valence-electron chi connectivity index (χ2n) is 6.88. The van der Waals surface area contributed by atoms with E-state index in [-0.39, 0.29) is 43.4 Å². The van der Waals surface area contributed by atoms with Crippen LogP contribution < -0.4 is 10.6 Å². The molecule has 2 fully saturated rings. The summed E-state index contributed by atoms with van der Waals surface area (Å²) in [6.45, 7) is 5.27. The highest BCUT2D eigenvalue weighted by Gasteiger charge is 2.48. The number of nitrogens with zero attached hydrogens (tertiary/aromatic N) is 1. The first-order chi connectivity index (χ1) is 11.5. The van der Waals surface area contributed by atoms with E-state index in [1.165, 1.54) is 0 Å². The molecule has 5 atom stereocenters. The summed E-state index contributed by atoms with van der Waals surface area (Å²) in [6.07, 6.45) is 0.267. The van der Waals surface area contributed by atoms with Gasteiger partial charge in [-0.15, -0.1) is 0 Å². The predicted octanol–water partition coefficient (Wildman–Crippen LogP) is -0.706. The van der Waals surface area contributed by atoms with Crippen LogP contribution in [0.4, 0.5) is 4.79 Å². The number of hydrogen-bond acceptors (Lipinski definition) is 6. The molecule has 2 saturated heterocycles. The molecule has 2 aliphatic heterocycles. The third-order valence-corrected chi connectivity index (χ3v) is 4.69. The lowest BCUT2D eigenvalue weighted by Gasteiger charge is -2.34. The van der Waals surface area contributed by atoms with Gasteiger partial charge in [0.25, 0.3) is 0 Å². The molecule has 2 heterocycles. The number of urea groups is 1. The predicted molar refractivity (Wildman–Crippen MR) is 88.8 cm³/mol. The van der Waals surface area contributed by atoms with E-state index in [1.54, 1.807) is 7.11 Å². The fraction of sp³-hybridized carbons (Fsp3) is 0.938. The van der Waals surface area contributed by atoms with Gasteiger partial charge in [-0.2, -0.15) is 0 Å². The Balaban J connectivity index is 2.02. The fourth-order valence-corrected chi connectivity index (χ4v) is 3.68. The fourth-order valence-electron chi connectivity index (χ4n) is 3.68. The van der Waals surface area contributed by atoms with Crippen LogP contribution in [0.1, 0.15) is 26.7 Å². The molecule has 24 heavy (non-hydrogen) atoms. The lowest BCUT2D eigenvalue weighted by atomic mass is 10.0. The first-order valence-electron chi connectivity index (χ1n) is 8.71. The molecule has 4 N–H and O–H groups in total. The number of carbonyl (C=O) groups is 1. The molecule has 0 bridgehead atoms. The number of aliphatic hydroxyl groups excluding tert-OH is 2. The molecule has 140 valence electrons. The number of methoxy groups -OCH3 is 1.